The molecule has 8 heteroatoms. The van der Waals surface area contributed by atoms with Gasteiger partial charge in [0.2, 0.25) is 0 Å². The molecule has 1 atom stereocenters. The van der Waals surface area contributed by atoms with Crippen molar-refractivity contribution in [2.24, 2.45) is 5.92 Å². The lowest BCUT2D eigenvalue weighted by Gasteiger charge is -2.40. The SMILES string of the molecule is CN(CCCN1CC(CC(=O)O)CN(Cc2ccc(Cl)cc2Cl)C1=O)Cc1ccccc1. The molecule has 1 saturated heterocycles. The predicted molar refractivity (Wildman–Crippen MR) is 127 cm³/mol. The van der Waals surface area contributed by atoms with Crippen molar-refractivity contribution in [3.63, 3.8) is 0 Å². The summed E-state index contributed by atoms with van der Waals surface area (Å²) in [5, 5.41) is 10.3. The highest BCUT2D eigenvalue weighted by Gasteiger charge is 2.32. The van der Waals surface area contributed by atoms with Crippen molar-refractivity contribution >= 4 is 35.2 Å². The lowest BCUT2D eigenvalue weighted by atomic mass is 10.0. The molecule has 1 unspecified atom stereocenters. The number of carbonyl (C=O) groups is 2. The summed E-state index contributed by atoms with van der Waals surface area (Å²) in [5.74, 6) is -0.977. The first-order valence-corrected chi connectivity index (χ1v) is 11.5. The first-order valence-electron chi connectivity index (χ1n) is 10.7. The Kier molecular flexibility index (Phi) is 8.79. The third kappa shape index (κ3) is 7.12. The number of benzene rings is 2. The number of aliphatic carboxylic acids is 1. The zero-order valence-corrected chi connectivity index (χ0v) is 19.7. The molecule has 0 radical (unpaired) electrons. The van der Waals surface area contributed by atoms with Crippen LogP contribution in [0.15, 0.2) is 48.5 Å². The van der Waals surface area contributed by atoms with Gasteiger partial charge < -0.3 is 19.8 Å². The molecule has 2 aromatic rings. The molecule has 0 saturated carbocycles. The van der Waals surface area contributed by atoms with Crippen LogP contribution >= 0.6 is 23.2 Å². The number of halogens is 2. The highest BCUT2D eigenvalue weighted by Crippen LogP contribution is 2.25. The molecule has 1 aliphatic heterocycles. The molecule has 2 amide bonds. The molecule has 3 rings (SSSR count). The molecule has 0 spiro atoms. The molecular weight excluding hydrogens is 449 g/mol. The second-order valence-corrected chi connectivity index (χ2v) is 9.23. The summed E-state index contributed by atoms with van der Waals surface area (Å²) in [6, 6.07) is 15.4. The van der Waals surface area contributed by atoms with Gasteiger partial charge in [-0.1, -0.05) is 59.6 Å². The minimum atomic E-state index is -0.851. The molecule has 1 aliphatic rings. The molecule has 1 N–H and O–H groups in total. The van der Waals surface area contributed by atoms with E-state index in [1.54, 1.807) is 21.9 Å². The van der Waals surface area contributed by atoms with E-state index >= 15 is 0 Å². The molecule has 0 bridgehead atoms. The van der Waals surface area contributed by atoms with Gasteiger partial charge in [0, 0.05) is 48.7 Å². The minimum Gasteiger partial charge on any atom is -0.481 e. The quantitative estimate of drug-likeness (QED) is 0.531. The van der Waals surface area contributed by atoms with Crippen molar-refractivity contribution in [3.05, 3.63) is 69.7 Å². The first kappa shape index (κ1) is 24.4. The van der Waals surface area contributed by atoms with E-state index in [1.165, 1.54) is 5.56 Å². The Labute approximate surface area is 199 Å². The zero-order valence-electron chi connectivity index (χ0n) is 18.2. The van der Waals surface area contributed by atoms with Gasteiger partial charge in [0.15, 0.2) is 0 Å². The Bertz CT molecular complexity index is 926. The maximum atomic E-state index is 13.1. The fourth-order valence-electron chi connectivity index (χ4n) is 4.09. The summed E-state index contributed by atoms with van der Waals surface area (Å²) < 4.78 is 0. The van der Waals surface area contributed by atoms with Gasteiger partial charge in [0.05, 0.1) is 6.42 Å². The van der Waals surface area contributed by atoms with Crippen molar-refractivity contribution in [1.29, 1.82) is 0 Å². The molecule has 1 heterocycles. The van der Waals surface area contributed by atoms with Gasteiger partial charge in [-0.3, -0.25) is 4.79 Å². The number of rotatable bonds is 10. The third-order valence-electron chi connectivity index (χ3n) is 5.60. The maximum absolute atomic E-state index is 13.1. The topological polar surface area (TPSA) is 64.1 Å². The van der Waals surface area contributed by atoms with Gasteiger partial charge in [0.1, 0.15) is 0 Å². The van der Waals surface area contributed by atoms with Gasteiger partial charge in [0.25, 0.3) is 0 Å². The third-order valence-corrected chi connectivity index (χ3v) is 6.19. The van der Waals surface area contributed by atoms with Crippen LogP contribution in [0.1, 0.15) is 24.0 Å². The number of urea groups is 1. The Morgan fingerprint density at radius 2 is 1.84 bits per heavy atom. The van der Waals surface area contributed by atoms with Crippen LogP contribution in [0.2, 0.25) is 10.0 Å². The lowest BCUT2D eigenvalue weighted by Crippen LogP contribution is -2.53. The largest absolute Gasteiger partial charge is 0.481 e. The Morgan fingerprint density at radius 3 is 2.53 bits per heavy atom. The maximum Gasteiger partial charge on any atom is 0.320 e. The van der Waals surface area contributed by atoms with E-state index in [-0.39, 0.29) is 18.4 Å². The van der Waals surface area contributed by atoms with E-state index < -0.39 is 5.97 Å². The number of amides is 2. The van der Waals surface area contributed by atoms with Crippen LogP contribution in [-0.4, -0.2) is 65.0 Å². The smallest absolute Gasteiger partial charge is 0.320 e. The minimum absolute atomic E-state index is 0.0303. The van der Waals surface area contributed by atoms with Crippen molar-refractivity contribution in [2.45, 2.75) is 25.9 Å². The number of hydrogen-bond donors (Lipinski definition) is 1. The van der Waals surface area contributed by atoms with Crippen molar-refractivity contribution in [3.8, 4) is 0 Å². The summed E-state index contributed by atoms with van der Waals surface area (Å²) in [6.07, 6.45) is 0.840. The second-order valence-electron chi connectivity index (χ2n) is 8.39. The number of hydrogen-bond acceptors (Lipinski definition) is 3. The standard InChI is InChI=1S/C24H29Cl2N3O3/c1-27(14-18-6-3-2-4-7-18)10-5-11-28-15-19(12-23(30)31)16-29(24(28)32)17-20-8-9-21(25)13-22(20)26/h2-4,6-9,13,19H,5,10-12,14-17H2,1H3,(H,30,31). The Hall–Kier alpha value is -2.28. The van der Waals surface area contributed by atoms with E-state index in [0.29, 0.717) is 36.2 Å². The van der Waals surface area contributed by atoms with Crippen LogP contribution in [0.5, 0.6) is 0 Å². The monoisotopic (exact) mass is 477 g/mol. The molecule has 6 nitrogen and oxygen atoms in total. The summed E-state index contributed by atoms with van der Waals surface area (Å²) in [5.41, 5.74) is 2.04. The van der Waals surface area contributed by atoms with E-state index in [9.17, 15) is 14.7 Å². The van der Waals surface area contributed by atoms with E-state index in [4.69, 9.17) is 23.2 Å². The summed E-state index contributed by atoms with van der Waals surface area (Å²) in [7, 11) is 2.06. The molecule has 1 fully saturated rings. The van der Waals surface area contributed by atoms with Crippen molar-refractivity contribution < 1.29 is 14.7 Å². The number of carboxylic acid groups (broad SMARTS) is 1. The molecule has 172 valence electrons. The Morgan fingerprint density at radius 1 is 1.12 bits per heavy atom. The Balaban J connectivity index is 1.60. The fourth-order valence-corrected chi connectivity index (χ4v) is 4.56. The average Bonchev–Trinajstić information content (AvgIpc) is 2.73. The van der Waals surface area contributed by atoms with Gasteiger partial charge in [-0.25, -0.2) is 4.79 Å². The van der Waals surface area contributed by atoms with E-state index in [2.05, 4.69) is 24.1 Å². The number of nitrogens with zero attached hydrogens (tertiary/aromatic N) is 3. The van der Waals surface area contributed by atoms with Gasteiger partial charge in [-0.2, -0.15) is 0 Å². The van der Waals surface area contributed by atoms with Crippen molar-refractivity contribution in [1.82, 2.24) is 14.7 Å². The highest BCUT2D eigenvalue weighted by molar-refractivity contribution is 6.35. The average molecular weight is 478 g/mol. The summed E-state index contributed by atoms with van der Waals surface area (Å²) in [6.45, 7) is 3.45. The zero-order chi connectivity index (χ0) is 23.1. The van der Waals surface area contributed by atoms with Crippen LogP contribution in [0.4, 0.5) is 4.79 Å². The normalized spacial score (nSPS) is 16.6. The van der Waals surface area contributed by atoms with E-state index in [0.717, 1.165) is 25.1 Å². The number of carboxylic acids is 1. The van der Waals surface area contributed by atoms with E-state index in [1.807, 2.05) is 24.3 Å². The van der Waals surface area contributed by atoms with Crippen LogP contribution < -0.4 is 0 Å². The first-order chi connectivity index (χ1) is 15.3. The lowest BCUT2D eigenvalue weighted by molar-refractivity contribution is -0.138. The van der Waals surface area contributed by atoms with Crippen LogP contribution in [0, 0.1) is 5.92 Å². The van der Waals surface area contributed by atoms with Gasteiger partial charge in [-0.15, -0.1) is 0 Å². The van der Waals surface area contributed by atoms with Crippen molar-refractivity contribution in [2.75, 3.05) is 33.2 Å². The summed E-state index contributed by atoms with van der Waals surface area (Å²) >= 11 is 12.3. The highest BCUT2D eigenvalue weighted by atomic mass is 35.5. The molecule has 0 aromatic heterocycles. The second kappa shape index (κ2) is 11.5. The van der Waals surface area contributed by atoms with Crippen LogP contribution in [0.3, 0.4) is 0 Å². The molecule has 32 heavy (non-hydrogen) atoms. The molecule has 2 aromatic carbocycles. The summed E-state index contributed by atoms with van der Waals surface area (Å²) in [4.78, 5) is 30.1. The fraction of sp³-hybridized carbons (Fsp3) is 0.417. The van der Waals surface area contributed by atoms with Crippen LogP contribution in [-0.2, 0) is 17.9 Å². The molecular formula is C24H29Cl2N3O3. The molecule has 0 aliphatic carbocycles. The van der Waals surface area contributed by atoms with Gasteiger partial charge >= 0.3 is 12.0 Å². The number of carbonyl (C=O) groups excluding carboxylic acids is 1. The van der Waals surface area contributed by atoms with Crippen LogP contribution in [0.25, 0.3) is 0 Å². The predicted octanol–water partition coefficient (Wildman–Crippen LogP) is 4.84. The van der Waals surface area contributed by atoms with Gasteiger partial charge in [-0.05, 0) is 43.3 Å².